The Hall–Kier alpha value is -2.83. The first-order chi connectivity index (χ1) is 12.0. The molecule has 7 nitrogen and oxygen atoms in total. The summed E-state index contributed by atoms with van der Waals surface area (Å²) in [7, 11) is 1.91. The fraction of sp³-hybridized carbons (Fsp3) is 0.389. The number of carbonyl (C=O) groups is 2. The molecular formula is C18H23N5O2. The lowest BCUT2D eigenvalue weighted by Crippen LogP contribution is -2.38. The average Bonchev–Trinajstić information content (AvgIpc) is 3.22. The van der Waals surface area contributed by atoms with Gasteiger partial charge in [-0.05, 0) is 42.0 Å². The van der Waals surface area contributed by atoms with Crippen LogP contribution in [0, 0.1) is 5.92 Å². The van der Waals surface area contributed by atoms with Crippen molar-refractivity contribution in [3.8, 4) is 0 Å². The quantitative estimate of drug-likeness (QED) is 0.858. The normalized spacial score (nSPS) is 16.8. The molecule has 1 aliphatic rings. The summed E-state index contributed by atoms with van der Waals surface area (Å²) in [6.45, 7) is 1.89. The highest BCUT2D eigenvalue weighted by atomic mass is 16.2. The van der Waals surface area contributed by atoms with Crippen LogP contribution in [-0.2, 0) is 20.0 Å². The van der Waals surface area contributed by atoms with E-state index < -0.39 is 5.91 Å². The molecule has 1 aromatic heterocycles. The average molecular weight is 341 g/mol. The second kappa shape index (κ2) is 7.38. The van der Waals surface area contributed by atoms with Gasteiger partial charge in [0.05, 0.1) is 6.20 Å². The summed E-state index contributed by atoms with van der Waals surface area (Å²) in [5.74, 6) is -0.000831. The Balaban J connectivity index is 1.49. The number of benzene rings is 1. The number of urea groups is 1. The zero-order valence-corrected chi connectivity index (χ0v) is 14.3. The third kappa shape index (κ3) is 4.37. The highest BCUT2D eigenvalue weighted by Crippen LogP contribution is 2.20. The molecule has 0 radical (unpaired) electrons. The summed E-state index contributed by atoms with van der Waals surface area (Å²) < 4.78 is 1.80. The van der Waals surface area contributed by atoms with E-state index in [9.17, 15) is 9.59 Å². The summed E-state index contributed by atoms with van der Waals surface area (Å²) in [5, 5.41) is 7.10. The molecule has 0 spiro atoms. The molecular weight excluding hydrogens is 318 g/mol. The highest BCUT2D eigenvalue weighted by molar-refractivity contribution is 5.92. The molecule has 1 aliphatic heterocycles. The number of amides is 3. The lowest BCUT2D eigenvalue weighted by atomic mass is 10.0. The number of rotatable bonds is 5. The van der Waals surface area contributed by atoms with Crippen LogP contribution in [0.1, 0.15) is 27.9 Å². The number of nitrogens with zero attached hydrogens (tertiary/aromatic N) is 3. The van der Waals surface area contributed by atoms with E-state index in [-0.39, 0.29) is 6.03 Å². The predicted octanol–water partition coefficient (Wildman–Crippen LogP) is 1.29. The van der Waals surface area contributed by atoms with Crippen LogP contribution in [0.15, 0.2) is 36.7 Å². The van der Waals surface area contributed by atoms with Crippen molar-refractivity contribution < 1.29 is 9.59 Å². The minimum atomic E-state index is -0.467. The fourth-order valence-corrected chi connectivity index (χ4v) is 3.22. The fourth-order valence-electron chi connectivity index (χ4n) is 3.22. The molecule has 1 saturated heterocycles. The molecule has 0 bridgehead atoms. The molecule has 1 aromatic carbocycles. The van der Waals surface area contributed by atoms with E-state index >= 15 is 0 Å². The molecule has 2 aromatic rings. The Morgan fingerprint density at radius 3 is 2.92 bits per heavy atom. The van der Waals surface area contributed by atoms with Crippen LogP contribution in [0.3, 0.4) is 0 Å². The van der Waals surface area contributed by atoms with E-state index in [2.05, 4.69) is 10.4 Å². The molecule has 3 N–H and O–H groups in total. The second-order valence-electron chi connectivity index (χ2n) is 6.55. The van der Waals surface area contributed by atoms with Crippen molar-refractivity contribution in [2.75, 3.05) is 13.1 Å². The van der Waals surface area contributed by atoms with Crippen LogP contribution >= 0.6 is 0 Å². The van der Waals surface area contributed by atoms with E-state index in [4.69, 9.17) is 5.73 Å². The third-order valence-electron chi connectivity index (χ3n) is 4.51. The molecule has 0 saturated carbocycles. The number of carbonyl (C=O) groups excluding carboxylic acids is 2. The molecule has 25 heavy (non-hydrogen) atoms. The summed E-state index contributed by atoms with van der Waals surface area (Å²) in [6, 6.07) is 6.93. The molecule has 2 heterocycles. The van der Waals surface area contributed by atoms with E-state index in [1.54, 1.807) is 22.9 Å². The number of nitrogens with one attached hydrogen (secondary N) is 1. The van der Waals surface area contributed by atoms with Crippen LogP contribution in [-0.4, -0.2) is 39.7 Å². The number of likely N-dealkylation sites (tertiary alicyclic amines) is 1. The van der Waals surface area contributed by atoms with Gasteiger partial charge in [0.15, 0.2) is 0 Å². The van der Waals surface area contributed by atoms with Gasteiger partial charge in [-0.2, -0.15) is 5.10 Å². The zero-order valence-electron chi connectivity index (χ0n) is 14.3. The number of nitrogens with two attached hydrogens (primary N) is 1. The van der Waals surface area contributed by atoms with Crippen LogP contribution in [0.25, 0.3) is 0 Å². The van der Waals surface area contributed by atoms with Gasteiger partial charge < -0.3 is 16.0 Å². The first-order valence-corrected chi connectivity index (χ1v) is 8.40. The Morgan fingerprint density at radius 1 is 1.36 bits per heavy atom. The van der Waals surface area contributed by atoms with Crippen molar-refractivity contribution >= 4 is 11.9 Å². The lowest BCUT2D eigenvalue weighted by molar-refractivity contribution is 0.1000. The molecule has 3 amide bonds. The maximum atomic E-state index is 12.3. The molecule has 1 atom stereocenters. The Labute approximate surface area is 146 Å². The third-order valence-corrected chi connectivity index (χ3v) is 4.51. The van der Waals surface area contributed by atoms with Crippen LogP contribution in [0.2, 0.25) is 0 Å². The molecule has 0 unspecified atom stereocenters. The second-order valence-corrected chi connectivity index (χ2v) is 6.55. The summed E-state index contributed by atoms with van der Waals surface area (Å²) >= 11 is 0. The maximum absolute atomic E-state index is 12.3. The van der Waals surface area contributed by atoms with Crippen LogP contribution in [0.4, 0.5) is 4.79 Å². The van der Waals surface area contributed by atoms with Gasteiger partial charge in [-0.25, -0.2) is 4.79 Å². The van der Waals surface area contributed by atoms with Crippen molar-refractivity contribution in [2.24, 2.45) is 18.7 Å². The molecule has 7 heteroatoms. The van der Waals surface area contributed by atoms with Crippen molar-refractivity contribution in [3.63, 3.8) is 0 Å². The standard InChI is InChI=1S/C18H23N5O2/c1-22-11-15(10-21-22)7-14-5-6-23(12-14)18(25)20-9-13-3-2-4-16(8-13)17(19)24/h2-4,8,10-11,14H,5-7,9,12H2,1H3,(H2,19,24)(H,20,25)/t14-/m0/s1. The summed E-state index contributed by atoms with van der Waals surface area (Å²) in [5.41, 5.74) is 7.79. The molecule has 0 aliphatic carbocycles. The molecule has 132 valence electrons. The number of aromatic nitrogens is 2. The van der Waals surface area contributed by atoms with E-state index in [1.165, 1.54) is 5.56 Å². The van der Waals surface area contributed by atoms with Gasteiger partial charge in [-0.1, -0.05) is 12.1 Å². The lowest BCUT2D eigenvalue weighted by Gasteiger charge is -2.17. The molecule has 1 fully saturated rings. The zero-order chi connectivity index (χ0) is 17.8. The largest absolute Gasteiger partial charge is 0.366 e. The number of hydrogen-bond acceptors (Lipinski definition) is 3. The number of aryl methyl sites for hydroxylation is 1. The van der Waals surface area contributed by atoms with E-state index in [0.717, 1.165) is 31.5 Å². The van der Waals surface area contributed by atoms with E-state index in [1.807, 2.05) is 30.4 Å². The van der Waals surface area contributed by atoms with Crippen molar-refractivity contribution in [3.05, 3.63) is 53.3 Å². The summed E-state index contributed by atoms with van der Waals surface area (Å²) in [4.78, 5) is 25.4. The van der Waals surface area contributed by atoms with Gasteiger partial charge in [-0.3, -0.25) is 9.48 Å². The summed E-state index contributed by atoms with van der Waals surface area (Å²) in [6.07, 6.45) is 5.85. The van der Waals surface area contributed by atoms with Gasteiger partial charge in [0.2, 0.25) is 5.91 Å². The predicted molar refractivity (Wildman–Crippen MR) is 93.8 cm³/mol. The van der Waals surface area contributed by atoms with Crippen molar-refractivity contribution in [2.45, 2.75) is 19.4 Å². The topological polar surface area (TPSA) is 93.3 Å². The highest BCUT2D eigenvalue weighted by Gasteiger charge is 2.26. The number of primary amides is 1. The number of hydrogen-bond donors (Lipinski definition) is 2. The van der Waals surface area contributed by atoms with Crippen molar-refractivity contribution in [1.29, 1.82) is 0 Å². The SMILES string of the molecule is Cn1cc(C[C@@H]2CCN(C(=O)NCc3cccc(C(N)=O)c3)C2)cn1. The first kappa shape index (κ1) is 17.0. The van der Waals surface area contributed by atoms with Gasteiger partial charge in [0.25, 0.3) is 0 Å². The van der Waals surface area contributed by atoms with Gasteiger partial charge >= 0.3 is 6.03 Å². The smallest absolute Gasteiger partial charge is 0.317 e. The minimum Gasteiger partial charge on any atom is -0.366 e. The monoisotopic (exact) mass is 341 g/mol. The van der Waals surface area contributed by atoms with Gasteiger partial charge in [0.1, 0.15) is 0 Å². The molecule has 3 rings (SSSR count). The Kier molecular flexibility index (Phi) is 5.02. The van der Waals surface area contributed by atoms with Gasteiger partial charge in [-0.15, -0.1) is 0 Å². The van der Waals surface area contributed by atoms with E-state index in [0.29, 0.717) is 18.0 Å². The minimum absolute atomic E-state index is 0.0711. The van der Waals surface area contributed by atoms with Crippen molar-refractivity contribution in [1.82, 2.24) is 20.0 Å². The Bertz CT molecular complexity index is 770. The first-order valence-electron chi connectivity index (χ1n) is 8.40. The van der Waals surface area contributed by atoms with Gasteiger partial charge in [0, 0.05) is 38.4 Å². The van der Waals surface area contributed by atoms with Crippen LogP contribution < -0.4 is 11.1 Å². The maximum Gasteiger partial charge on any atom is 0.317 e. The Morgan fingerprint density at radius 2 is 2.20 bits per heavy atom. The van der Waals surface area contributed by atoms with Crippen LogP contribution in [0.5, 0.6) is 0 Å².